The maximum atomic E-state index is 14.1. The summed E-state index contributed by atoms with van der Waals surface area (Å²) in [5, 5.41) is -0.0474. The molecule has 21 heavy (non-hydrogen) atoms. The van der Waals surface area contributed by atoms with E-state index >= 15 is 0 Å². The number of amidine groups is 1. The third-order valence-corrected chi connectivity index (χ3v) is 5.54. The van der Waals surface area contributed by atoms with Crippen molar-refractivity contribution in [1.82, 2.24) is 0 Å². The fourth-order valence-electron chi connectivity index (χ4n) is 3.08. The quantitative estimate of drug-likeness (QED) is 0.651. The third-order valence-electron chi connectivity index (χ3n) is 4.23. The molecule has 2 aliphatic rings. The van der Waals surface area contributed by atoms with E-state index in [9.17, 15) is 17.6 Å². The summed E-state index contributed by atoms with van der Waals surface area (Å²) in [5.41, 5.74) is 9.73. The molecule has 1 aromatic rings. The van der Waals surface area contributed by atoms with E-state index < -0.39 is 34.3 Å². The molecule has 1 fully saturated rings. The van der Waals surface area contributed by atoms with Gasteiger partial charge in [0.15, 0.2) is 16.8 Å². The first-order valence-corrected chi connectivity index (χ1v) is 7.10. The van der Waals surface area contributed by atoms with E-state index in [1.165, 1.54) is 13.0 Å². The van der Waals surface area contributed by atoms with Gasteiger partial charge in [0.1, 0.15) is 0 Å². The Bertz CT molecular complexity index is 651. The molecule has 0 radical (unpaired) electrons. The molecule has 3 rings (SSSR count). The number of nitrogens with zero attached hydrogens (tertiary/aromatic N) is 1. The largest absolute Gasteiger partial charge is 0.399 e. The smallest absolute Gasteiger partial charge is 0.253 e. The summed E-state index contributed by atoms with van der Waals surface area (Å²) in [6, 6.07) is 2.08. The summed E-state index contributed by atoms with van der Waals surface area (Å²) in [6.45, 7) is 1.49. The summed E-state index contributed by atoms with van der Waals surface area (Å²) < 4.78 is 53.0. The number of thioether (sulfide) groups is 1. The molecule has 1 aromatic carbocycles. The van der Waals surface area contributed by atoms with E-state index in [1.54, 1.807) is 0 Å². The van der Waals surface area contributed by atoms with Crippen LogP contribution in [0.5, 0.6) is 0 Å². The Hall–Kier alpha value is -1.44. The van der Waals surface area contributed by atoms with Gasteiger partial charge in [-0.2, -0.15) is 0 Å². The lowest BCUT2D eigenvalue weighted by molar-refractivity contribution is 0.123. The number of hydrogen-bond acceptors (Lipinski definition) is 4. The van der Waals surface area contributed by atoms with Crippen molar-refractivity contribution in [3.8, 4) is 0 Å². The van der Waals surface area contributed by atoms with Crippen molar-refractivity contribution in [3.63, 3.8) is 0 Å². The van der Waals surface area contributed by atoms with E-state index in [1.807, 2.05) is 0 Å². The highest BCUT2D eigenvalue weighted by atomic mass is 32.2. The molecule has 0 saturated heterocycles. The number of hydrogen-bond donors (Lipinski definition) is 2. The topological polar surface area (TPSA) is 64.4 Å². The zero-order valence-corrected chi connectivity index (χ0v) is 11.9. The second-order valence-corrected chi connectivity index (χ2v) is 6.96. The maximum absolute atomic E-state index is 14.1. The van der Waals surface area contributed by atoms with Gasteiger partial charge >= 0.3 is 0 Å². The standard InChI is InChI=1S/C13H13F4N3S/c1-12(6-2-5(18)3-7(14)9(6)15)8-4-13(8,10(16)17)21-11(19)20-12/h2-3,8,10H,4,18H2,1H3,(H2,19,20)/t8-,12+,13-/m0/s1. The molecule has 1 heterocycles. The first-order valence-electron chi connectivity index (χ1n) is 6.28. The van der Waals surface area contributed by atoms with Crippen LogP contribution in [0.1, 0.15) is 18.9 Å². The van der Waals surface area contributed by atoms with Gasteiger partial charge in [-0.25, -0.2) is 17.6 Å². The van der Waals surface area contributed by atoms with Gasteiger partial charge in [-0.3, -0.25) is 4.99 Å². The number of fused-ring (bicyclic) bond motifs is 1. The Kier molecular flexibility index (Phi) is 2.96. The van der Waals surface area contributed by atoms with Gasteiger partial charge in [0.05, 0.1) is 10.3 Å². The number of alkyl halides is 2. The lowest BCUT2D eigenvalue weighted by Crippen LogP contribution is -2.39. The van der Waals surface area contributed by atoms with E-state index in [0.29, 0.717) is 0 Å². The second kappa shape index (κ2) is 4.28. The average Bonchev–Trinajstić information content (AvgIpc) is 3.10. The molecule has 1 aliphatic carbocycles. The van der Waals surface area contributed by atoms with Gasteiger partial charge < -0.3 is 11.5 Å². The van der Waals surface area contributed by atoms with Crippen molar-refractivity contribution in [1.29, 1.82) is 0 Å². The van der Waals surface area contributed by atoms with E-state index in [4.69, 9.17) is 11.5 Å². The minimum Gasteiger partial charge on any atom is -0.399 e. The molecule has 0 spiro atoms. The SMILES string of the molecule is C[C@]1(c2cc(N)cc(F)c2F)N=C(N)S[C@@]2(C(F)F)C[C@@H]12. The maximum Gasteiger partial charge on any atom is 0.253 e. The molecule has 3 nitrogen and oxygen atoms in total. The Morgan fingerprint density at radius 3 is 2.62 bits per heavy atom. The lowest BCUT2D eigenvalue weighted by atomic mass is 9.85. The number of nitrogens with two attached hydrogens (primary N) is 2. The van der Waals surface area contributed by atoms with Crippen LogP contribution in [0, 0.1) is 17.6 Å². The minimum absolute atomic E-state index is 0.0143. The summed E-state index contributed by atoms with van der Waals surface area (Å²) >= 11 is 0.812. The van der Waals surface area contributed by atoms with Crippen molar-refractivity contribution < 1.29 is 17.6 Å². The highest BCUT2D eigenvalue weighted by Crippen LogP contribution is 2.68. The first kappa shape index (κ1) is 14.5. The predicted molar refractivity (Wildman–Crippen MR) is 74.2 cm³/mol. The number of aliphatic imine (C=N–C) groups is 1. The van der Waals surface area contributed by atoms with E-state index in [-0.39, 0.29) is 22.8 Å². The van der Waals surface area contributed by atoms with E-state index in [0.717, 1.165) is 17.8 Å². The summed E-state index contributed by atoms with van der Waals surface area (Å²) in [5.74, 6) is -2.86. The van der Waals surface area contributed by atoms with Crippen LogP contribution in [-0.4, -0.2) is 16.3 Å². The fourth-order valence-corrected chi connectivity index (χ4v) is 4.42. The zero-order valence-electron chi connectivity index (χ0n) is 11.0. The molecule has 0 amide bonds. The van der Waals surface area contributed by atoms with Crippen LogP contribution >= 0.6 is 11.8 Å². The van der Waals surface area contributed by atoms with Crippen LogP contribution in [-0.2, 0) is 5.54 Å². The normalized spacial score (nSPS) is 34.6. The van der Waals surface area contributed by atoms with Crippen LogP contribution in [0.2, 0.25) is 0 Å². The van der Waals surface area contributed by atoms with Crippen molar-refractivity contribution in [2.45, 2.75) is 30.1 Å². The van der Waals surface area contributed by atoms with Crippen molar-refractivity contribution in [2.24, 2.45) is 16.6 Å². The molecule has 1 aliphatic heterocycles. The number of halogens is 4. The van der Waals surface area contributed by atoms with Gasteiger partial charge in [-0.1, -0.05) is 11.8 Å². The lowest BCUT2D eigenvalue weighted by Gasteiger charge is -2.34. The Labute approximate surface area is 122 Å². The Morgan fingerprint density at radius 1 is 1.33 bits per heavy atom. The van der Waals surface area contributed by atoms with Gasteiger partial charge in [0.25, 0.3) is 6.43 Å². The van der Waals surface area contributed by atoms with Gasteiger partial charge in [0.2, 0.25) is 0 Å². The van der Waals surface area contributed by atoms with Crippen LogP contribution < -0.4 is 11.5 Å². The number of anilines is 1. The highest BCUT2D eigenvalue weighted by molar-refractivity contribution is 8.15. The molecule has 4 N–H and O–H groups in total. The predicted octanol–water partition coefficient (Wildman–Crippen LogP) is 2.85. The first-order chi connectivity index (χ1) is 9.70. The molecule has 1 saturated carbocycles. The number of rotatable bonds is 2. The molecular weight excluding hydrogens is 306 g/mol. The molecule has 8 heteroatoms. The van der Waals surface area contributed by atoms with Crippen molar-refractivity contribution >= 4 is 22.6 Å². The van der Waals surface area contributed by atoms with Crippen molar-refractivity contribution in [2.75, 3.05) is 5.73 Å². The van der Waals surface area contributed by atoms with Crippen LogP contribution in [0.3, 0.4) is 0 Å². The van der Waals surface area contributed by atoms with Crippen LogP contribution in [0.15, 0.2) is 17.1 Å². The van der Waals surface area contributed by atoms with Crippen molar-refractivity contribution in [3.05, 3.63) is 29.3 Å². The second-order valence-electron chi connectivity index (χ2n) is 5.58. The molecular formula is C13H13F4N3S. The van der Waals surface area contributed by atoms with Crippen LogP contribution in [0.25, 0.3) is 0 Å². The molecule has 3 atom stereocenters. The summed E-state index contributed by atoms with van der Waals surface area (Å²) in [4.78, 5) is 4.14. The Morgan fingerprint density at radius 2 is 2.00 bits per heavy atom. The van der Waals surface area contributed by atoms with Gasteiger partial charge in [-0.05, 0) is 25.5 Å². The minimum atomic E-state index is -2.62. The molecule has 114 valence electrons. The molecule has 0 unspecified atom stereocenters. The fraction of sp³-hybridized carbons (Fsp3) is 0.462. The molecule has 0 bridgehead atoms. The summed E-state index contributed by atoms with van der Waals surface area (Å²) in [7, 11) is 0. The van der Waals surface area contributed by atoms with E-state index in [2.05, 4.69) is 4.99 Å². The van der Waals surface area contributed by atoms with Gasteiger partial charge in [-0.15, -0.1) is 0 Å². The van der Waals surface area contributed by atoms with Gasteiger partial charge in [0, 0.05) is 17.2 Å². The third kappa shape index (κ3) is 1.91. The Balaban J connectivity index is 2.16. The number of benzene rings is 1. The highest BCUT2D eigenvalue weighted by Gasteiger charge is 2.71. The number of nitrogen functional groups attached to an aromatic ring is 1. The average molecular weight is 319 g/mol. The van der Waals surface area contributed by atoms with Crippen LogP contribution in [0.4, 0.5) is 23.2 Å². The molecule has 0 aromatic heterocycles. The monoisotopic (exact) mass is 319 g/mol. The zero-order chi connectivity index (χ0) is 15.6. The summed E-state index contributed by atoms with van der Waals surface area (Å²) in [6.07, 6.45) is -2.47.